The van der Waals surface area contributed by atoms with Crippen molar-refractivity contribution in [2.45, 2.75) is 11.8 Å². The van der Waals surface area contributed by atoms with E-state index in [2.05, 4.69) is 5.32 Å². The largest absolute Gasteiger partial charge is 0.399 e. The number of nitrogen functional groups attached to an aromatic ring is 1. The second-order valence-corrected chi connectivity index (χ2v) is 5.13. The summed E-state index contributed by atoms with van der Waals surface area (Å²) in [5.41, 5.74) is 8.73. The SMILES string of the molecule is CSc1ccccc1NC(=O)c1cc(C)cc(N)c1. The molecule has 0 fully saturated rings. The average Bonchev–Trinajstić information content (AvgIpc) is 2.38. The summed E-state index contributed by atoms with van der Waals surface area (Å²) in [7, 11) is 0. The van der Waals surface area contributed by atoms with Crippen molar-refractivity contribution in [3.05, 3.63) is 53.6 Å². The molecule has 0 saturated heterocycles. The summed E-state index contributed by atoms with van der Waals surface area (Å²) >= 11 is 1.60. The van der Waals surface area contributed by atoms with Gasteiger partial charge in [0, 0.05) is 16.1 Å². The third-order valence-electron chi connectivity index (χ3n) is 2.72. The van der Waals surface area contributed by atoms with E-state index < -0.39 is 0 Å². The van der Waals surface area contributed by atoms with E-state index in [9.17, 15) is 4.79 Å². The number of thioether (sulfide) groups is 1. The topological polar surface area (TPSA) is 55.1 Å². The van der Waals surface area contributed by atoms with Crippen LogP contribution in [-0.4, -0.2) is 12.2 Å². The van der Waals surface area contributed by atoms with E-state index in [0.717, 1.165) is 16.1 Å². The van der Waals surface area contributed by atoms with Crippen molar-refractivity contribution in [3.8, 4) is 0 Å². The fourth-order valence-electron chi connectivity index (χ4n) is 1.89. The first-order valence-electron chi connectivity index (χ1n) is 5.91. The van der Waals surface area contributed by atoms with Gasteiger partial charge in [-0.2, -0.15) is 0 Å². The maximum atomic E-state index is 12.2. The molecule has 0 radical (unpaired) electrons. The van der Waals surface area contributed by atoms with E-state index in [4.69, 9.17) is 5.73 Å². The summed E-state index contributed by atoms with van der Waals surface area (Å²) in [6.45, 7) is 1.92. The molecule has 0 atom stereocenters. The number of hydrogen-bond donors (Lipinski definition) is 2. The van der Waals surface area contributed by atoms with Gasteiger partial charge in [-0.25, -0.2) is 0 Å². The van der Waals surface area contributed by atoms with Crippen LogP contribution in [-0.2, 0) is 0 Å². The van der Waals surface area contributed by atoms with Crippen molar-refractivity contribution in [3.63, 3.8) is 0 Å². The first kappa shape index (κ1) is 13.5. The molecule has 0 unspecified atom stereocenters. The maximum Gasteiger partial charge on any atom is 0.255 e. The molecule has 0 bridgehead atoms. The molecule has 0 aliphatic heterocycles. The summed E-state index contributed by atoms with van der Waals surface area (Å²) in [6.07, 6.45) is 1.98. The number of amides is 1. The number of rotatable bonds is 3. The van der Waals surface area contributed by atoms with Crippen LogP contribution in [0.15, 0.2) is 47.4 Å². The monoisotopic (exact) mass is 272 g/mol. The van der Waals surface area contributed by atoms with Crippen LogP contribution in [0, 0.1) is 6.92 Å². The fourth-order valence-corrected chi connectivity index (χ4v) is 2.44. The summed E-state index contributed by atoms with van der Waals surface area (Å²) < 4.78 is 0. The van der Waals surface area contributed by atoms with Crippen LogP contribution in [0.5, 0.6) is 0 Å². The molecule has 3 N–H and O–H groups in total. The number of para-hydroxylation sites is 1. The Morgan fingerprint density at radius 1 is 1.21 bits per heavy atom. The van der Waals surface area contributed by atoms with Gasteiger partial charge in [0.15, 0.2) is 0 Å². The van der Waals surface area contributed by atoms with Gasteiger partial charge in [-0.05, 0) is 49.1 Å². The van der Waals surface area contributed by atoms with Crippen molar-refractivity contribution in [2.75, 3.05) is 17.3 Å². The molecule has 3 nitrogen and oxygen atoms in total. The van der Waals surface area contributed by atoms with Crippen molar-refractivity contribution >= 4 is 29.0 Å². The van der Waals surface area contributed by atoms with Crippen LogP contribution in [0.3, 0.4) is 0 Å². The lowest BCUT2D eigenvalue weighted by Gasteiger charge is -2.10. The predicted octanol–water partition coefficient (Wildman–Crippen LogP) is 3.55. The lowest BCUT2D eigenvalue weighted by Crippen LogP contribution is -2.13. The second kappa shape index (κ2) is 5.80. The first-order chi connectivity index (χ1) is 9.10. The Hall–Kier alpha value is -1.94. The summed E-state index contributed by atoms with van der Waals surface area (Å²) in [5, 5.41) is 2.92. The standard InChI is InChI=1S/C15H16N2OS/c1-10-7-11(9-12(16)8-10)15(18)17-13-5-3-4-6-14(13)19-2/h3-9H,16H2,1-2H3,(H,17,18). The summed E-state index contributed by atoms with van der Waals surface area (Å²) in [5.74, 6) is -0.142. The van der Waals surface area contributed by atoms with Crippen LogP contribution in [0.4, 0.5) is 11.4 Å². The van der Waals surface area contributed by atoms with E-state index in [1.165, 1.54) is 0 Å². The number of hydrogen-bond acceptors (Lipinski definition) is 3. The Morgan fingerprint density at radius 3 is 2.63 bits per heavy atom. The highest BCUT2D eigenvalue weighted by Crippen LogP contribution is 2.25. The molecule has 98 valence electrons. The van der Waals surface area contributed by atoms with Crippen molar-refractivity contribution in [2.24, 2.45) is 0 Å². The van der Waals surface area contributed by atoms with Crippen molar-refractivity contribution < 1.29 is 4.79 Å². The van der Waals surface area contributed by atoms with E-state index in [-0.39, 0.29) is 5.91 Å². The van der Waals surface area contributed by atoms with E-state index in [1.54, 1.807) is 17.8 Å². The summed E-state index contributed by atoms with van der Waals surface area (Å²) in [6, 6.07) is 13.1. The van der Waals surface area contributed by atoms with Crippen LogP contribution in [0.2, 0.25) is 0 Å². The van der Waals surface area contributed by atoms with E-state index in [0.29, 0.717) is 11.3 Å². The first-order valence-corrected chi connectivity index (χ1v) is 7.14. The van der Waals surface area contributed by atoms with Gasteiger partial charge in [-0.1, -0.05) is 12.1 Å². The third kappa shape index (κ3) is 3.29. The fraction of sp³-hybridized carbons (Fsp3) is 0.133. The molecule has 0 aromatic heterocycles. The Labute approximate surface area is 117 Å². The lowest BCUT2D eigenvalue weighted by atomic mass is 10.1. The minimum atomic E-state index is -0.142. The lowest BCUT2D eigenvalue weighted by molar-refractivity contribution is 0.102. The van der Waals surface area contributed by atoms with Gasteiger partial charge in [-0.15, -0.1) is 11.8 Å². The number of aryl methyl sites for hydroxylation is 1. The summed E-state index contributed by atoms with van der Waals surface area (Å²) in [4.78, 5) is 13.2. The zero-order valence-corrected chi connectivity index (χ0v) is 11.8. The molecule has 2 aromatic rings. The van der Waals surface area contributed by atoms with Crippen LogP contribution < -0.4 is 11.1 Å². The number of anilines is 2. The second-order valence-electron chi connectivity index (χ2n) is 4.29. The van der Waals surface area contributed by atoms with Crippen LogP contribution in [0.25, 0.3) is 0 Å². The van der Waals surface area contributed by atoms with Gasteiger partial charge in [0.1, 0.15) is 0 Å². The number of nitrogens with two attached hydrogens (primary N) is 1. The van der Waals surface area contributed by atoms with Gasteiger partial charge in [0.25, 0.3) is 5.91 Å². The minimum Gasteiger partial charge on any atom is -0.399 e. The maximum absolute atomic E-state index is 12.2. The average molecular weight is 272 g/mol. The van der Waals surface area contributed by atoms with Gasteiger partial charge < -0.3 is 11.1 Å². The number of carbonyl (C=O) groups excluding carboxylic acids is 1. The molecule has 4 heteroatoms. The van der Waals surface area contributed by atoms with Crippen molar-refractivity contribution in [1.29, 1.82) is 0 Å². The Kier molecular flexibility index (Phi) is 4.12. The number of carbonyl (C=O) groups is 1. The van der Waals surface area contributed by atoms with Gasteiger partial charge >= 0.3 is 0 Å². The highest BCUT2D eigenvalue weighted by molar-refractivity contribution is 7.98. The molecule has 2 aromatic carbocycles. The molecule has 19 heavy (non-hydrogen) atoms. The number of nitrogens with one attached hydrogen (secondary N) is 1. The molecule has 0 heterocycles. The van der Waals surface area contributed by atoms with Gasteiger partial charge in [0.05, 0.1) is 5.69 Å². The predicted molar refractivity (Wildman–Crippen MR) is 81.8 cm³/mol. The van der Waals surface area contributed by atoms with Crippen molar-refractivity contribution in [1.82, 2.24) is 0 Å². The van der Waals surface area contributed by atoms with Crippen LogP contribution >= 0.6 is 11.8 Å². The molecule has 0 spiro atoms. The Bertz CT molecular complexity index is 591. The van der Waals surface area contributed by atoms with Gasteiger partial charge in [0.2, 0.25) is 0 Å². The molecular formula is C15H16N2OS. The Morgan fingerprint density at radius 2 is 1.95 bits per heavy atom. The molecule has 0 saturated carbocycles. The molecular weight excluding hydrogens is 256 g/mol. The number of benzene rings is 2. The van der Waals surface area contributed by atoms with Gasteiger partial charge in [-0.3, -0.25) is 4.79 Å². The normalized spacial score (nSPS) is 10.2. The quantitative estimate of drug-likeness (QED) is 0.663. The Balaban J connectivity index is 2.25. The molecule has 0 aliphatic rings. The third-order valence-corrected chi connectivity index (χ3v) is 3.51. The minimum absolute atomic E-state index is 0.142. The highest BCUT2D eigenvalue weighted by atomic mass is 32.2. The van der Waals surface area contributed by atoms with E-state index in [1.807, 2.05) is 49.6 Å². The smallest absolute Gasteiger partial charge is 0.255 e. The highest BCUT2D eigenvalue weighted by Gasteiger charge is 2.09. The molecule has 2 rings (SSSR count). The molecule has 0 aliphatic carbocycles. The molecule has 1 amide bonds. The zero-order valence-electron chi connectivity index (χ0n) is 10.9. The van der Waals surface area contributed by atoms with Crippen LogP contribution in [0.1, 0.15) is 15.9 Å². The van der Waals surface area contributed by atoms with E-state index >= 15 is 0 Å². The zero-order chi connectivity index (χ0) is 13.8.